The van der Waals surface area contributed by atoms with Crippen LogP contribution in [0.25, 0.3) is 0 Å². The molecule has 1 amide bonds. The molecule has 1 unspecified atom stereocenters. The largest absolute Gasteiger partial charge is 0.369 e. The van der Waals surface area contributed by atoms with Gasteiger partial charge in [-0.05, 0) is 44.9 Å². The second-order valence-corrected chi connectivity index (χ2v) is 7.29. The summed E-state index contributed by atoms with van der Waals surface area (Å²) < 4.78 is 0. The number of para-hydroxylation sites is 1. The third-order valence-corrected chi connectivity index (χ3v) is 4.97. The van der Waals surface area contributed by atoms with Gasteiger partial charge in [0, 0.05) is 38.4 Å². The first-order chi connectivity index (χ1) is 12.0. The standard InChI is InChI=1S/C20H34N4O.ClH/c1-3-11-20(2,21)19(25)22-12-7-8-13-23-14-16-24(17-15-23)18-9-5-4-6-10-18;/h4-6,9-10H,3,7-8,11-17,21H2,1-2H3,(H,22,25);1H. The quantitative estimate of drug-likeness (QED) is 0.644. The van der Waals surface area contributed by atoms with Crippen LogP contribution in [-0.4, -0.2) is 55.6 Å². The van der Waals surface area contributed by atoms with Crippen molar-refractivity contribution < 1.29 is 4.79 Å². The van der Waals surface area contributed by atoms with Crippen molar-refractivity contribution in [3.63, 3.8) is 0 Å². The topological polar surface area (TPSA) is 61.6 Å². The first-order valence-corrected chi connectivity index (χ1v) is 9.62. The summed E-state index contributed by atoms with van der Waals surface area (Å²) >= 11 is 0. The Morgan fingerprint density at radius 3 is 2.42 bits per heavy atom. The number of piperazine rings is 1. The Balaban J connectivity index is 0.00000338. The molecule has 5 nitrogen and oxygen atoms in total. The molecular formula is C20H35ClN4O. The van der Waals surface area contributed by atoms with Crippen LogP contribution < -0.4 is 16.0 Å². The highest BCUT2D eigenvalue weighted by Crippen LogP contribution is 2.15. The number of nitrogens with zero attached hydrogens (tertiary/aromatic N) is 2. The van der Waals surface area contributed by atoms with Crippen molar-refractivity contribution in [2.75, 3.05) is 44.2 Å². The number of nitrogens with two attached hydrogens (primary N) is 1. The molecule has 1 fully saturated rings. The van der Waals surface area contributed by atoms with E-state index in [1.807, 2.05) is 6.92 Å². The smallest absolute Gasteiger partial charge is 0.239 e. The summed E-state index contributed by atoms with van der Waals surface area (Å²) in [6.45, 7) is 10.1. The number of carbonyl (C=O) groups is 1. The maximum Gasteiger partial charge on any atom is 0.239 e. The molecule has 1 aromatic carbocycles. The number of unbranched alkanes of at least 4 members (excludes halogenated alkanes) is 1. The minimum atomic E-state index is -0.734. The van der Waals surface area contributed by atoms with Crippen molar-refractivity contribution in [1.29, 1.82) is 0 Å². The number of nitrogens with one attached hydrogen (secondary N) is 1. The van der Waals surface area contributed by atoms with Gasteiger partial charge in [0.25, 0.3) is 0 Å². The van der Waals surface area contributed by atoms with Crippen LogP contribution in [0.15, 0.2) is 30.3 Å². The SMILES string of the molecule is CCCC(C)(N)C(=O)NCCCCN1CCN(c2ccccc2)CC1.Cl. The Morgan fingerprint density at radius 2 is 1.81 bits per heavy atom. The number of rotatable bonds is 9. The van der Waals surface area contributed by atoms with Gasteiger partial charge in [0.1, 0.15) is 0 Å². The normalized spacial score (nSPS) is 17.3. The zero-order valence-electron chi connectivity index (χ0n) is 16.2. The van der Waals surface area contributed by atoms with E-state index >= 15 is 0 Å². The molecule has 3 N–H and O–H groups in total. The van der Waals surface area contributed by atoms with Crippen molar-refractivity contribution >= 4 is 24.0 Å². The van der Waals surface area contributed by atoms with Crippen LogP contribution in [0.3, 0.4) is 0 Å². The molecule has 1 aliphatic heterocycles. The van der Waals surface area contributed by atoms with Gasteiger partial charge in [0.2, 0.25) is 5.91 Å². The van der Waals surface area contributed by atoms with Crippen molar-refractivity contribution in [3.05, 3.63) is 30.3 Å². The number of hydrogen-bond acceptors (Lipinski definition) is 4. The molecule has 1 aromatic rings. The Kier molecular flexibility index (Phi) is 9.99. The molecule has 0 radical (unpaired) electrons. The van der Waals surface area contributed by atoms with E-state index in [1.54, 1.807) is 0 Å². The summed E-state index contributed by atoms with van der Waals surface area (Å²) in [7, 11) is 0. The molecule has 26 heavy (non-hydrogen) atoms. The highest BCUT2D eigenvalue weighted by atomic mass is 35.5. The van der Waals surface area contributed by atoms with E-state index in [4.69, 9.17) is 5.73 Å². The molecule has 1 saturated heterocycles. The van der Waals surface area contributed by atoms with Gasteiger partial charge in [-0.1, -0.05) is 31.5 Å². The van der Waals surface area contributed by atoms with Gasteiger partial charge in [-0.3, -0.25) is 9.69 Å². The van der Waals surface area contributed by atoms with Gasteiger partial charge in [0.05, 0.1) is 5.54 Å². The molecule has 6 heteroatoms. The minimum absolute atomic E-state index is 0. The van der Waals surface area contributed by atoms with Gasteiger partial charge < -0.3 is 16.0 Å². The lowest BCUT2D eigenvalue weighted by atomic mass is 9.96. The maximum absolute atomic E-state index is 12.0. The first-order valence-electron chi connectivity index (χ1n) is 9.62. The summed E-state index contributed by atoms with van der Waals surface area (Å²) in [5.74, 6) is -0.0224. The van der Waals surface area contributed by atoms with Crippen molar-refractivity contribution in [2.45, 2.75) is 45.1 Å². The molecule has 0 saturated carbocycles. The molecule has 1 atom stereocenters. The Morgan fingerprint density at radius 1 is 1.15 bits per heavy atom. The third kappa shape index (κ3) is 7.14. The lowest BCUT2D eigenvalue weighted by Crippen LogP contribution is -2.51. The number of amides is 1. The monoisotopic (exact) mass is 382 g/mol. The second-order valence-electron chi connectivity index (χ2n) is 7.29. The van der Waals surface area contributed by atoms with Crippen LogP contribution in [0.5, 0.6) is 0 Å². The number of anilines is 1. The summed E-state index contributed by atoms with van der Waals surface area (Å²) in [6.07, 6.45) is 3.77. The number of carbonyl (C=O) groups excluding carboxylic acids is 1. The molecular weight excluding hydrogens is 348 g/mol. The highest BCUT2D eigenvalue weighted by molar-refractivity contribution is 5.85. The fraction of sp³-hybridized carbons (Fsp3) is 0.650. The molecule has 2 rings (SSSR count). The van der Waals surface area contributed by atoms with E-state index in [2.05, 4.69) is 52.4 Å². The molecule has 0 bridgehead atoms. The molecule has 148 valence electrons. The maximum atomic E-state index is 12.0. The van der Waals surface area contributed by atoms with Crippen LogP contribution >= 0.6 is 12.4 Å². The number of halogens is 1. The van der Waals surface area contributed by atoms with E-state index < -0.39 is 5.54 Å². The predicted molar refractivity (Wildman–Crippen MR) is 112 cm³/mol. The van der Waals surface area contributed by atoms with Crippen molar-refractivity contribution in [2.24, 2.45) is 5.73 Å². The third-order valence-electron chi connectivity index (χ3n) is 4.97. The highest BCUT2D eigenvalue weighted by Gasteiger charge is 2.26. The fourth-order valence-corrected chi connectivity index (χ4v) is 3.37. The van der Waals surface area contributed by atoms with Crippen LogP contribution in [0, 0.1) is 0 Å². The Bertz CT molecular complexity index is 516. The molecule has 1 aliphatic rings. The number of hydrogen-bond donors (Lipinski definition) is 2. The summed E-state index contributed by atoms with van der Waals surface area (Å²) in [5, 5.41) is 2.98. The predicted octanol–water partition coefficient (Wildman–Crippen LogP) is 2.64. The zero-order chi connectivity index (χ0) is 18.1. The van der Waals surface area contributed by atoms with Gasteiger partial charge in [-0.15, -0.1) is 12.4 Å². The van der Waals surface area contributed by atoms with E-state index in [1.165, 1.54) is 5.69 Å². The molecule has 0 spiro atoms. The average Bonchev–Trinajstić information content (AvgIpc) is 2.62. The van der Waals surface area contributed by atoms with Crippen molar-refractivity contribution in [1.82, 2.24) is 10.2 Å². The van der Waals surface area contributed by atoms with E-state index in [0.717, 1.165) is 65.0 Å². The lowest BCUT2D eigenvalue weighted by Gasteiger charge is -2.36. The molecule has 0 aliphatic carbocycles. The summed E-state index contributed by atoms with van der Waals surface area (Å²) in [6, 6.07) is 10.6. The fourth-order valence-electron chi connectivity index (χ4n) is 3.37. The summed E-state index contributed by atoms with van der Waals surface area (Å²) in [5.41, 5.74) is 6.63. The van der Waals surface area contributed by atoms with E-state index in [-0.39, 0.29) is 18.3 Å². The molecule has 0 aromatic heterocycles. The van der Waals surface area contributed by atoms with Crippen LogP contribution in [-0.2, 0) is 4.79 Å². The van der Waals surface area contributed by atoms with Crippen molar-refractivity contribution in [3.8, 4) is 0 Å². The average molecular weight is 383 g/mol. The second kappa shape index (κ2) is 11.4. The summed E-state index contributed by atoms with van der Waals surface area (Å²) in [4.78, 5) is 17.0. The van der Waals surface area contributed by atoms with Crippen LogP contribution in [0.2, 0.25) is 0 Å². The van der Waals surface area contributed by atoms with Gasteiger partial charge in [-0.25, -0.2) is 0 Å². The van der Waals surface area contributed by atoms with Gasteiger partial charge in [0.15, 0.2) is 0 Å². The van der Waals surface area contributed by atoms with Gasteiger partial charge >= 0.3 is 0 Å². The van der Waals surface area contributed by atoms with Crippen LogP contribution in [0.4, 0.5) is 5.69 Å². The Hall–Kier alpha value is -1.30. The zero-order valence-corrected chi connectivity index (χ0v) is 17.1. The first kappa shape index (κ1) is 22.7. The van der Waals surface area contributed by atoms with E-state index in [9.17, 15) is 4.79 Å². The minimum Gasteiger partial charge on any atom is -0.369 e. The lowest BCUT2D eigenvalue weighted by molar-refractivity contribution is -0.126. The molecule has 1 heterocycles. The van der Waals surface area contributed by atoms with Crippen LogP contribution in [0.1, 0.15) is 39.5 Å². The van der Waals surface area contributed by atoms with Gasteiger partial charge in [-0.2, -0.15) is 0 Å². The number of benzene rings is 1. The Labute approximate surface area is 164 Å². The van der Waals surface area contributed by atoms with E-state index in [0.29, 0.717) is 0 Å².